The molecule has 0 saturated carbocycles. The molecule has 0 aromatic carbocycles. The summed E-state index contributed by atoms with van der Waals surface area (Å²) in [4.78, 5) is 4.23. The van der Waals surface area contributed by atoms with E-state index in [1.165, 1.54) is 6.42 Å². The normalized spacial score (nSPS) is 13.8. The molecule has 1 rings (SSSR count). The average molecular weight is 166 g/mol. The van der Waals surface area contributed by atoms with Gasteiger partial charge in [0.1, 0.15) is 0 Å². The number of aromatic nitrogens is 2. The van der Waals surface area contributed by atoms with Crippen LogP contribution in [0.25, 0.3) is 0 Å². The highest BCUT2D eigenvalue weighted by atomic mass is 15.1. The van der Waals surface area contributed by atoms with E-state index in [1.54, 1.807) is 0 Å². The molecule has 2 nitrogen and oxygen atoms in total. The molecule has 0 N–H and O–H groups in total. The van der Waals surface area contributed by atoms with Gasteiger partial charge >= 0.3 is 0 Å². The van der Waals surface area contributed by atoms with Crippen molar-refractivity contribution in [2.75, 3.05) is 0 Å². The van der Waals surface area contributed by atoms with E-state index in [4.69, 9.17) is 0 Å². The molecule has 0 aliphatic carbocycles. The molecule has 0 spiro atoms. The van der Waals surface area contributed by atoms with Crippen molar-refractivity contribution in [3.8, 4) is 0 Å². The molecule has 0 radical (unpaired) electrons. The van der Waals surface area contributed by atoms with Crippen molar-refractivity contribution in [1.29, 1.82) is 0 Å². The maximum Gasteiger partial charge on any atom is 0.0951 e. The lowest BCUT2D eigenvalue weighted by atomic mass is 10.0. The van der Waals surface area contributed by atoms with Gasteiger partial charge in [-0.1, -0.05) is 20.8 Å². The standard InChI is InChI=1S/C10H18N2/c1-5-10(8(2)3)12-6-9(4)11-7-12/h6-8,10H,5H2,1-4H3. The van der Waals surface area contributed by atoms with Crippen LogP contribution in [0, 0.1) is 12.8 Å². The Morgan fingerprint density at radius 1 is 1.50 bits per heavy atom. The van der Waals surface area contributed by atoms with Crippen LogP contribution >= 0.6 is 0 Å². The molecule has 0 amide bonds. The molecule has 2 heteroatoms. The lowest BCUT2D eigenvalue weighted by Crippen LogP contribution is -2.12. The van der Waals surface area contributed by atoms with Crippen molar-refractivity contribution >= 4 is 0 Å². The average Bonchev–Trinajstić information content (AvgIpc) is 2.37. The van der Waals surface area contributed by atoms with Crippen molar-refractivity contribution < 1.29 is 0 Å². The van der Waals surface area contributed by atoms with Gasteiger partial charge in [0.25, 0.3) is 0 Å². The van der Waals surface area contributed by atoms with Crippen LogP contribution < -0.4 is 0 Å². The minimum atomic E-state index is 0.603. The van der Waals surface area contributed by atoms with Gasteiger partial charge in [-0.05, 0) is 19.3 Å². The maximum atomic E-state index is 4.23. The van der Waals surface area contributed by atoms with Crippen LogP contribution in [-0.4, -0.2) is 9.55 Å². The molecule has 1 aromatic heterocycles. The first kappa shape index (κ1) is 9.30. The molecule has 0 aliphatic heterocycles. The Balaban J connectivity index is 2.80. The van der Waals surface area contributed by atoms with Gasteiger partial charge in [0, 0.05) is 12.2 Å². The molecule has 0 saturated heterocycles. The monoisotopic (exact) mass is 166 g/mol. The topological polar surface area (TPSA) is 17.8 Å². The summed E-state index contributed by atoms with van der Waals surface area (Å²) in [5.41, 5.74) is 1.11. The summed E-state index contributed by atoms with van der Waals surface area (Å²) in [5.74, 6) is 0.684. The Bertz CT molecular complexity index is 238. The third-order valence-corrected chi connectivity index (χ3v) is 2.30. The van der Waals surface area contributed by atoms with Crippen molar-refractivity contribution in [1.82, 2.24) is 9.55 Å². The number of nitrogens with zero attached hydrogens (tertiary/aromatic N) is 2. The molecule has 0 aliphatic rings. The van der Waals surface area contributed by atoms with Crippen molar-refractivity contribution in [3.63, 3.8) is 0 Å². The first-order valence-electron chi connectivity index (χ1n) is 4.65. The molecule has 12 heavy (non-hydrogen) atoms. The predicted molar refractivity (Wildman–Crippen MR) is 51.1 cm³/mol. The lowest BCUT2D eigenvalue weighted by molar-refractivity contribution is 0.365. The number of imidazole rings is 1. The number of hydrogen-bond acceptors (Lipinski definition) is 1. The van der Waals surface area contributed by atoms with Gasteiger partial charge < -0.3 is 4.57 Å². The van der Waals surface area contributed by atoms with E-state index >= 15 is 0 Å². The second kappa shape index (κ2) is 3.74. The van der Waals surface area contributed by atoms with Crippen LogP contribution in [0.5, 0.6) is 0 Å². The summed E-state index contributed by atoms with van der Waals surface area (Å²) < 4.78 is 2.22. The van der Waals surface area contributed by atoms with E-state index in [1.807, 2.05) is 13.3 Å². The quantitative estimate of drug-likeness (QED) is 0.675. The minimum Gasteiger partial charge on any atom is -0.334 e. The number of rotatable bonds is 3. The Kier molecular flexibility index (Phi) is 2.90. The van der Waals surface area contributed by atoms with Gasteiger partial charge in [-0.25, -0.2) is 4.98 Å². The number of hydrogen-bond donors (Lipinski definition) is 0. The molecular formula is C10H18N2. The van der Waals surface area contributed by atoms with Gasteiger partial charge in [-0.2, -0.15) is 0 Å². The molecule has 1 heterocycles. The molecular weight excluding hydrogens is 148 g/mol. The van der Waals surface area contributed by atoms with Crippen LogP contribution in [0.1, 0.15) is 38.9 Å². The van der Waals surface area contributed by atoms with E-state index in [2.05, 4.69) is 36.5 Å². The largest absolute Gasteiger partial charge is 0.334 e. The van der Waals surface area contributed by atoms with Crippen LogP contribution in [0.4, 0.5) is 0 Å². The van der Waals surface area contributed by atoms with Gasteiger partial charge in [-0.15, -0.1) is 0 Å². The fourth-order valence-electron chi connectivity index (χ4n) is 1.65. The van der Waals surface area contributed by atoms with Crippen molar-refractivity contribution in [2.45, 2.75) is 40.2 Å². The second-order valence-corrected chi connectivity index (χ2v) is 3.68. The summed E-state index contributed by atoms with van der Waals surface area (Å²) in [5, 5.41) is 0. The minimum absolute atomic E-state index is 0.603. The van der Waals surface area contributed by atoms with Gasteiger partial charge in [0.05, 0.1) is 12.0 Å². The molecule has 68 valence electrons. The van der Waals surface area contributed by atoms with E-state index in [0.717, 1.165) is 5.69 Å². The van der Waals surface area contributed by atoms with Gasteiger partial charge in [-0.3, -0.25) is 0 Å². The summed E-state index contributed by atoms with van der Waals surface area (Å²) in [6.45, 7) is 8.76. The summed E-state index contributed by atoms with van der Waals surface area (Å²) in [6.07, 6.45) is 5.23. The fourth-order valence-corrected chi connectivity index (χ4v) is 1.65. The van der Waals surface area contributed by atoms with Crippen LogP contribution in [0.2, 0.25) is 0 Å². The molecule has 0 fully saturated rings. The molecule has 1 aromatic rings. The Labute approximate surface area is 74.6 Å². The second-order valence-electron chi connectivity index (χ2n) is 3.68. The number of aryl methyl sites for hydroxylation is 1. The zero-order valence-corrected chi connectivity index (χ0v) is 8.41. The summed E-state index contributed by atoms with van der Waals surface area (Å²) >= 11 is 0. The van der Waals surface area contributed by atoms with Gasteiger partial charge in [0.2, 0.25) is 0 Å². The van der Waals surface area contributed by atoms with Crippen LogP contribution in [0.15, 0.2) is 12.5 Å². The van der Waals surface area contributed by atoms with Gasteiger partial charge in [0.15, 0.2) is 0 Å². The first-order chi connectivity index (χ1) is 5.65. The highest BCUT2D eigenvalue weighted by Crippen LogP contribution is 2.20. The molecule has 1 unspecified atom stereocenters. The lowest BCUT2D eigenvalue weighted by Gasteiger charge is -2.20. The smallest absolute Gasteiger partial charge is 0.0951 e. The highest BCUT2D eigenvalue weighted by molar-refractivity contribution is 4.94. The predicted octanol–water partition coefficient (Wildman–Crippen LogP) is 2.80. The fraction of sp³-hybridized carbons (Fsp3) is 0.700. The van der Waals surface area contributed by atoms with Crippen LogP contribution in [-0.2, 0) is 0 Å². The van der Waals surface area contributed by atoms with Crippen molar-refractivity contribution in [2.24, 2.45) is 5.92 Å². The first-order valence-corrected chi connectivity index (χ1v) is 4.65. The SMILES string of the molecule is CCC(C(C)C)n1cnc(C)c1. The zero-order valence-electron chi connectivity index (χ0n) is 8.41. The van der Waals surface area contributed by atoms with E-state index in [-0.39, 0.29) is 0 Å². The summed E-state index contributed by atoms with van der Waals surface area (Å²) in [6, 6.07) is 0.603. The van der Waals surface area contributed by atoms with E-state index in [0.29, 0.717) is 12.0 Å². The zero-order chi connectivity index (χ0) is 9.14. The van der Waals surface area contributed by atoms with E-state index < -0.39 is 0 Å². The van der Waals surface area contributed by atoms with E-state index in [9.17, 15) is 0 Å². The summed E-state index contributed by atoms with van der Waals surface area (Å²) in [7, 11) is 0. The Hall–Kier alpha value is -0.790. The van der Waals surface area contributed by atoms with Crippen LogP contribution in [0.3, 0.4) is 0 Å². The Morgan fingerprint density at radius 2 is 2.17 bits per heavy atom. The third-order valence-electron chi connectivity index (χ3n) is 2.30. The Morgan fingerprint density at radius 3 is 2.50 bits per heavy atom. The molecule has 1 atom stereocenters. The third kappa shape index (κ3) is 1.87. The maximum absolute atomic E-state index is 4.23. The van der Waals surface area contributed by atoms with Crippen molar-refractivity contribution in [3.05, 3.63) is 18.2 Å². The molecule has 0 bridgehead atoms. The highest BCUT2D eigenvalue weighted by Gasteiger charge is 2.12.